The number of aromatic nitrogens is 1. The zero-order valence-electron chi connectivity index (χ0n) is 20.0. The fourth-order valence-electron chi connectivity index (χ4n) is 4.84. The minimum atomic E-state index is -0.208. The smallest absolute Gasteiger partial charge is 0.287 e. The first kappa shape index (κ1) is 23.3. The van der Waals surface area contributed by atoms with Gasteiger partial charge in [0.1, 0.15) is 5.76 Å². The third-order valence-electron chi connectivity index (χ3n) is 6.91. The van der Waals surface area contributed by atoms with Gasteiger partial charge >= 0.3 is 0 Å². The van der Waals surface area contributed by atoms with Gasteiger partial charge in [0.2, 0.25) is 0 Å². The molecule has 182 valence electrons. The van der Waals surface area contributed by atoms with Crippen molar-refractivity contribution in [2.75, 3.05) is 46.3 Å². The minimum Gasteiger partial charge on any atom is -0.450 e. The van der Waals surface area contributed by atoms with Crippen LogP contribution in [0.15, 0.2) is 58.4 Å². The molecule has 1 aromatic carbocycles. The first-order valence-electron chi connectivity index (χ1n) is 12.2. The number of oxime groups is 1. The monoisotopic (exact) mass is 473 g/mol. The molecule has 2 aromatic heterocycles. The molecule has 0 saturated carbocycles. The molecule has 3 aromatic rings. The van der Waals surface area contributed by atoms with Gasteiger partial charge in [0.25, 0.3) is 5.91 Å². The molecule has 0 spiro atoms. The zero-order chi connectivity index (χ0) is 24.2. The molecule has 1 saturated heterocycles. The summed E-state index contributed by atoms with van der Waals surface area (Å²) < 4.78 is 6.16. The lowest BCUT2D eigenvalue weighted by atomic mass is 9.99. The number of likely N-dealkylation sites (N-methyl/N-ethyl adjacent to an activating group) is 1. The summed E-state index contributed by atoms with van der Waals surface area (Å²) in [5.74, 6) is 0.737. The lowest BCUT2D eigenvalue weighted by Gasteiger charge is -2.32. The Hall–Kier alpha value is -3.49. The van der Waals surface area contributed by atoms with Crippen molar-refractivity contribution in [1.29, 1.82) is 0 Å². The van der Waals surface area contributed by atoms with Gasteiger partial charge in [-0.15, -0.1) is 0 Å². The van der Waals surface area contributed by atoms with Crippen LogP contribution in [0.1, 0.15) is 34.5 Å². The van der Waals surface area contributed by atoms with Gasteiger partial charge in [-0.05, 0) is 68.2 Å². The van der Waals surface area contributed by atoms with Crippen molar-refractivity contribution in [3.05, 3.63) is 65.7 Å². The van der Waals surface area contributed by atoms with Crippen LogP contribution in [0, 0.1) is 0 Å². The third kappa shape index (κ3) is 5.13. The minimum absolute atomic E-state index is 0.208. The number of carbonyl (C=O) groups is 1. The molecule has 1 fully saturated rings. The van der Waals surface area contributed by atoms with Crippen LogP contribution in [0.5, 0.6) is 0 Å². The third-order valence-corrected chi connectivity index (χ3v) is 6.91. The number of hydrogen-bond donors (Lipinski definition) is 2. The predicted octanol–water partition coefficient (Wildman–Crippen LogP) is 3.50. The summed E-state index contributed by atoms with van der Waals surface area (Å²) in [6, 6.07) is 11.6. The highest BCUT2D eigenvalue weighted by molar-refractivity contribution is 6.04. The van der Waals surface area contributed by atoms with Crippen LogP contribution in [-0.4, -0.2) is 77.9 Å². The Kier molecular flexibility index (Phi) is 6.92. The van der Waals surface area contributed by atoms with E-state index >= 15 is 0 Å². The highest BCUT2D eigenvalue weighted by Crippen LogP contribution is 2.37. The highest BCUT2D eigenvalue weighted by atomic mass is 16.4. The molecular weight excluding hydrogens is 442 g/mol. The Balaban J connectivity index is 1.32. The van der Waals surface area contributed by atoms with E-state index in [0.29, 0.717) is 30.2 Å². The number of fused-ring (bicyclic) bond motifs is 1. The van der Waals surface area contributed by atoms with Gasteiger partial charge in [0.05, 0.1) is 5.71 Å². The molecule has 35 heavy (non-hydrogen) atoms. The van der Waals surface area contributed by atoms with E-state index in [4.69, 9.17) is 4.42 Å². The Morgan fingerprint density at radius 3 is 2.63 bits per heavy atom. The summed E-state index contributed by atoms with van der Waals surface area (Å²) in [7, 11) is 2.15. The second-order valence-electron chi connectivity index (χ2n) is 9.26. The Morgan fingerprint density at radius 1 is 1.06 bits per heavy atom. The van der Waals surface area contributed by atoms with Gasteiger partial charge in [-0.1, -0.05) is 17.3 Å². The number of furan rings is 1. The number of carbonyl (C=O) groups excluding carboxylic acids is 1. The summed E-state index contributed by atoms with van der Waals surface area (Å²) in [6.07, 6.45) is 5.90. The molecule has 0 bridgehead atoms. The van der Waals surface area contributed by atoms with Crippen molar-refractivity contribution in [2.24, 2.45) is 5.16 Å². The number of piperazine rings is 1. The molecule has 1 aliphatic heterocycles. The summed E-state index contributed by atoms with van der Waals surface area (Å²) in [5.41, 5.74) is 5.46. The van der Waals surface area contributed by atoms with E-state index < -0.39 is 0 Å². The normalized spacial score (nSPS) is 17.6. The van der Waals surface area contributed by atoms with Crippen LogP contribution in [0.2, 0.25) is 0 Å². The van der Waals surface area contributed by atoms with Gasteiger partial charge in [0.15, 0.2) is 5.76 Å². The molecular formula is C27H31N5O3. The Bertz CT molecular complexity index is 1210. The lowest BCUT2D eigenvalue weighted by Crippen LogP contribution is -2.45. The van der Waals surface area contributed by atoms with E-state index in [-0.39, 0.29) is 5.91 Å². The van der Waals surface area contributed by atoms with Crippen molar-refractivity contribution in [2.45, 2.75) is 19.3 Å². The number of nitrogens with zero attached hydrogens (tertiary/aromatic N) is 4. The van der Waals surface area contributed by atoms with Crippen LogP contribution in [0.3, 0.4) is 0 Å². The number of hydrogen-bond acceptors (Lipinski definition) is 7. The Morgan fingerprint density at radius 2 is 1.86 bits per heavy atom. The van der Waals surface area contributed by atoms with E-state index in [9.17, 15) is 10.0 Å². The van der Waals surface area contributed by atoms with Crippen LogP contribution in [-0.2, 0) is 6.42 Å². The average Bonchev–Trinajstić information content (AvgIpc) is 3.52. The quantitative estimate of drug-likeness (QED) is 0.310. The van der Waals surface area contributed by atoms with Gasteiger partial charge in [0, 0.05) is 61.8 Å². The fourth-order valence-corrected chi connectivity index (χ4v) is 4.84. The summed E-state index contributed by atoms with van der Waals surface area (Å²) >= 11 is 0. The predicted molar refractivity (Wildman–Crippen MR) is 135 cm³/mol. The number of benzene rings is 1. The summed E-state index contributed by atoms with van der Waals surface area (Å²) in [5, 5.41) is 15.7. The standard InChI is InChI=1S/C27H31N5O3/c1-31-13-15-32(16-14-31)12-2-9-29-27(33)25-18-23(19-7-10-28-11-8-19)26(35-25)21-3-5-22-20(17-21)4-6-24(22)30-34/h3,5,7-8,10-11,17-18,34H,2,4,6,9,12-16H2,1H3,(H,29,33)/b30-24+. The van der Waals surface area contributed by atoms with Crippen molar-refractivity contribution < 1.29 is 14.4 Å². The Labute approximate surface area is 205 Å². The summed E-state index contributed by atoms with van der Waals surface area (Å²) in [4.78, 5) is 21.9. The molecule has 0 radical (unpaired) electrons. The van der Waals surface area contributed by atoms with E-state index in [1.165, 1.54) is 0 Å². The number of nitrogens with one attached hydrogen (secondary N) is 1. The topological polar surface area (TPSA) is 94.2 Å². The number of amides is 1. The summed E-state index contributed by atoms with van der Waals surface area (Å²) in [6.45, 7) is 5.93. The molecule has 2 aliphatic rings. The first-order valence-corrected chi connectivity index (χ1v) is 12.2. The van der Waals surface area contributed by atoms with Crippen molar-refractivity contribution in [3.63, 3.8) is 0 Å². The molecule has 5 rings (SSSR count). The van der Waals surface area contributed by atoms with Crippen LogP contribution < -0.4 is 5.32 Å². The van der Waals surface area contributed by atoms with Crippen molar-refractivity contribution in [1.82, 2.24) is 20.1 Å². The number of pyridine rings is 1. The largest absolute Gasteiger partial charge is 0.450 e. The second-order valence-corrected chi connectivity index (χ2v) is 9.26. The van der Waals surface area contributed by atoms with Gasteiger partial charge < -0.3 is 24.7 Å². The second kappa shape index (κ2) is 10.4. The van der Waals surface area contributed by atoms with Crippen molar-refractivity contribution in [3.8, 4) is 22.5 Å². The molecule has 0 unspecified atom stereocenters. The fraction of sp³-hybridized carbons (Fsp3) is 0.370. The SMILES string of the molecule is CN1CCN(CCCNC(=O)c2cc(-c3ccncc3)c(-c3ccc4c(c3)CC/C4=N\O)o2)CC1. The van der Waals surface area contributed by atoms with Crippen LogP contribution in [0.25, 0.3) is 22.5 Å². The van der Waals surface area contributed by atoms with E-state index in [2.05, 4.69) is 38.4 Å². The van der Waals surface area contributed by atoms with Gasteiger partial charge in [-0.2, -0.15) is 0 Å². The van der Waals surface area contributed by atoms with Gasteiger partial charge in [-0.25, -0.2) is 0 Å². The van der Waals surface area contributed by atoms with Crippen LogP contribution >= 0.6 is 0 Å². The van der Waals surface area contributed by atoms with Gasteiger partial charge in [-0.3, -0.25) is 9.78 Å². The average molecular weight is 474 g/mol. The molecule has 3 heterocycles. The van der Waals surface area contributed by atoms with E-state index in [0.717, 1.165) is 73.4 Å². The molecule has 2 N–H and O–H groups in total. The molecule has 8 heteroatoms. The van der Waals surface area contributed by atoms with Crippen molar-refractivity contribution >= 4 is 11.6 Å². The molecule has 1 aliphatic carbocycles. The van der Waals surface area contributed by atoms with E-state index in [1.54, 1.807) is 12.4 Å². The highest BCUT2D eigenvalue weighted by Gasteiger charge is 2.23. The molecule has 0 atom stereocenters. The van der Waals surface area contributed by atoms with E-state index in [1.807, 2.05) is 30.3 Å². The molecule has 8 nitrogen and oxygen atoms in total. The first-order chi connectivity index (χ1) is 17.1. The number of aryl methyl sites for hydroxylation is 1. The van der Waals surface area contributed by atoms with Crippen LogP contribution in [0.4, 0.5) is 0 Å². The maximum atomic E-state index is 13.0. The lowest BCUT2D eigenvalue weighted by molar-refractivity contribution is 0.0922. The maximum Gasteiger partial charge on any atom is 0.287 e. The zero-order valence-corrected chi connectivity index (χ0v) is 20.0. The maximum absolute atomic E-state index is 13.0. The molecule has 1 amide bonds. The number of rotatable bonds is 7.